The molecule has 0 spiro atoms. The number of ether oxygens (including phenoxy) is 6. The van der Waals surface area contributed by atoms with Crippen molar-refractivity contribution in [2.45, 2.75) is 196 Å². The summed E-state index contributed by atoms with van der Waals surface area (Å²) in [7, 11) is 0. The molecule has 3 rings (SSSR count). The van der Waals surface area contributed by atoms with Crippen LogP contribution in [0.15, 0.2) is 36.4 Å². The fraction of sp³-hybridized carbons (Fsp3) is 0.600. The number of carbonyl (C=O) groups excluding carboxylic acids is 2. The molecular formula is C60H90O8. The summed E-state index contributed by atoms with van der Waals surface area (Å²) < 4.78 is 38.3. The number of unbranched alkanes of at least 4 members (excludes halogenated alkanes) is 18. The van der Waals surface area contributed by atoms with E-state index >= 15 is 0 Å². The number of hydrogen-bond acceptors (Lipinski definition) is 8. The zero-order chi connectivity index (χ0) is 48.9. The highest BCUT2D eigenvalue weighted by Gasteiger charge is 2.16. The molecule has 0 aliphatic carbocycles. The van der Waals surface area contributed by atoms with Crippen molar-refractivity contribution in [3.8, 4) is 34.5 Å². The minimum Gasteiger partial charge on any atom is -0.490 e. The molecule has 3 aromatic carbocycles. The van der Waals surface area contributed by atoms with Gasteiger partial charge in [-0.3, -0.25) is 9.59 Å². The van der Waals surface area contributed by atoms with Crippen LogP contribution < -0.4 is 28.4 Å². The number of hydrogen-bond donors (Lipinski definition) is 0. The Morgan fingerprint density at radius 1 is 0.265 bits per heavy atom. The molecule has 0 heterocycles. The second-order valence-electron chi connectivity index (χ2n) is 18.1. The fourth-order valence-corrected chi connectivity index (χ4v) is 7.86. The third-order valence-corrected chi connectivity index (χ3v) is 12.1. The molecule has 0 amide bonds. The van der Waals surface area contributed by atoms with E-state index in [1.54, 1.807) is 0 Å². The first-order valence-electron chi connectivity index (χ1n) is 27.0. The van der Waals surface area contributed by atoms with Gasteiger partial charge in [-0.05, 0) is 97.2 Å². The van der Waals surface area contributed by atoms with E-state index in [0.29, 0.717) is 85.3 Å². The largest absolute Gasteiger partial charge is 0.490 e. The van der Waals surface area contributed by atoms with Crippen molar-refractivity contribution in [2.75, 3.05) is 39.6 Å². The number of rotatable bonds is 42. The maximum absolute atomic E-state index is 12.7. The summed E-state index contributed by atoms with van der Waals surface area (Å²) in [5, 5.41) is 0. The quantitative estimate of drug-likeness (QED) is 0.0315. The van der Waals surface area contributed by atoms with Crippen LogP contribution in [0.2, 0.25) is 0 Å². The van der Waals surface area contributed by atoms with Crippen molar-refractivity contribution >= 4 is 36.9 Å². The van der Waals surface area contributed by atoms with Crippen molar-refractivity contribution in [1.82, 2.24) is 0 Å². The van der Waals surface area contributed by atoms with Gasteiger partial charge in [-0.15, -0.1) is 0 Å². The highest BCUT2D eigenvalue weighted by atomic mass is 16.5. The Hall–Kier alpha value is -4.72. The van der Waals surface area contributed by atoms with E-state index in [1.807, 2.05) is 60.7 Å². The van der Waals surface area contributed by atoms with Crippen LogP contribution in [0.3, 0.4) is 0 Å². The van der Waals surface area contributed by atoms with Crippen LogP contribution in [-0.4, -0.2) is 52.2 Å². The summed E-state index contributed by atoms with van der Waals surface area (Å²) >= 11 is 0. The lowest BCUT2D eigenvalue weighted by molar-refractivity contribution is 0.111. The van der Waals surface area contributed by atoms with Crippen LogP contribution in [0.25, 0.3) is 24.3 Å². The minimum absolute atomic E-state index is 0.519. The average molecular weight is 939 g/mol. The fourth-order valence-electron chi connectivity index (χ4n) is 7.86. The van der Waals surface area contributed by atoms with Crippen molar-refractivity contribution < 1.29 is 38.0 Å². The van der Waals surface area contributed by atoms with E-state index in [4.69, 9.17) is 28.4 Å². The number of aldehydes is 2. The Kier molecular flexibility index (Phi) is 31.5. The third-order valence-electron chi connectivity index (χ3n) is 12.1. The van der Waals surface area contributed by atoms with Crippen molar-refractivity contribution in [1.29, 1.82) is 0 Å². The van der Waals surface area contributed by atoms with Gasteiger partial charge in [0.15, 0.2) is 47.1 Å². The smallest absolute Gasteiger partial charge is 0.161 e. The van der Waals surface area contributed by atoms with Gasteiger partial charge in [0.25, 0.3) is 0 Å². The number of carbonyl (C=O) groups is 2. The van der Waals surface area contributed by atoms with Crippen LogP contribution in [0.4, 0.5) is 0 Å². The lowest BCUT2D eigenvalue weighted by atomic mass is 10.00. The molecule has 0 unspecified atom stereocenters. The molecule has 0 atom stereocenters. The van der Waals surface area contributed by atoms with Gasteiger partial charge < -0.3 is 28.4 Å². The maximum atomic E-state index is 12.7. The lowest BCUT2D eigenvalue weighted by Crippen LogP contribution is -2.05. The topological polar surface area (TPSA) is 89.5 Å². The van der Waals surface area contributed by atoms with Gasteiger partial charge in [-0.25, -0.2) is 0 Å². The molecule has 0 saturated heterocycles. The molecule has 0 N–H and O–H groups in total. The summed E-state index contributed by atoms with van der Waals surface area (Å²) in [4.78, 5) is 25.5. The van der Waals surface area contributed by atoms with Crippen molar-refractivity contribution in [3.05, 3.63) is 69.8 Å². The predicted octanol–water partition coefficient (Wildman–Crippen LogP) is 17.4. The van der Waals surface area contributed by atoms with Crippen LogP contribution in [0.5, 0.6) is 34.5 Å². The van der Waals surface area contributed by atoms with E-state index in [-0.39, 0.29) is 0 Å². The van der Waals surface area contributed by atoms with Crippen LogP contribution in [0, 0.1) is 0 Å². The van der Waals surface area contributed by atoms with Crippen molar-refractivity contribution in [3.63, 3.8) is 0 Å². The molecule has 0 saturated carbocycles. The second kappa shape index (κ2) is 37.2. The summed E-state index contributed by atoms with van der Waals surface area (Å²) in [6.45, 7) is 16.7. The molecule has 8 heteroatoms. The first-order valence-corrected chi connectivity index (χ1v) is 27.0. The van der Waals surface area contributed by atoms with E-state index in [0.717, 1.165) is 189 Å². The SMILES string of the molecule is CCCCCCOc1cc(C=O)c(/C=C/c2cc(OCCCCCC)c(OCCCCCC)cc2/C=C/c2cc(OCCCCCC)c(OCCCCCC)cc2C=O)cc1OCCCCCC. The normalized spacial score (nSPS) is 11.4. The standard InChI is InChI=1S/C60H90O8/c1-7-13-19-25-35-63-55-41-49(31-33-51-43-57(65-37-27-21-15-9-3)59(45-53(51)47-61)67-39-29-23-17-11-5)50(42-56(55)64-36-26-20-14-8-2)32-34-52-44-58(66-38-28-22-16-10-4)60(46-54(52)48-62)68-40-30-24-18-12-6/h31-34,41-48H,7-30,35-40H2,1-6H3/b33-31+,34-32+. The minimum atomic E-state index is 0.519. The molecule has 0 aliphatic heterocycles. The van der Waals surface area contributed by atoms with E-state index in [1.165, 1.54) is 0 Å². The molecule has 0 aliphatic rings. The van der Waals surface area contributed by atoms with Crippen LogP contribution >= 0.6 is 0 Å². The van der Waals surface area contributed by atoms with E-state index in [2.05, 4.69) is 41.5 Å². The van der Waals surface area contributed by atoms with E-state index < -0.39 is 0 Å². The molecule has 0 bridgehead atoms. The van der Waals surface area contributed by atoms with Crippen molar-refractivity contribution in [2.24, 2.45) is 0 Å². The zero-order valence-corrected chi connectivity index (χ0v) is 43.4. The highest BCUT2D eigenvalue weighted by Crippen LogP contribution is 2.37. The average Bonchev–Trinajstić information content (AvgIpc) is 3.35. The first kappa shape index (κ1) is 57.6. The summed E-state index contributed by atoms with van der Waals surface area (Å²) in [6, 6.07) is 11.6. The molecule has 3 aromatic rings. The van der Waals surface area contributed by atoms with Crippen LogP contribution in [0.1, 0.15) is 239 Å². The van der Waals surface area contributed by atoms with Gasteiger partial charge >= 0.3 is 0 Å². The summed E-state index contributed by atoms with van der Waals surface area (Å²) in [6.07, 6.45) is 35.9. The van der Waals surface area contributed by atoms with Crippen LogP contribution in [-0.2, 0) is 0 Å². The van der Waals surface area contributed by atoms with E-state index in [9.17, 15) is 9.59 Å². The maximum Gasteiger partial charge on any atom is 0.161 e. The zero-order valence-electron chi connectivity index (χ0n) is 43.4. The van der Waals surface area contributed by atoms with Gasteiger partial charge in [0.05, 0.1) is 39.6 Å². The van der Waals surface area contributed by atoms with Gasteiger partial charge in [-0.1, -0.05) is 181 Å². The summed E-state index contributed by atoms with van der Waals surface area (Å²) in [5.74, 6) is 3.84. The van der Waals surface area contributed by atoms with Gasteiger partial charge in [0.1, 0.15) is 0 Å². The molecule has 8 nitrogen and oxygen atoms in total. The Morgan fingerprint density at radius 2 is 0.441 bits per heavy atom. The Morgan fingerprint density at radius 3 is 0.618 bits per heavy atom. The third kappa shape index (κ3) is 22.6. The predicted molar refractivity (Wildman–Crippen MR) is 286 cm³/mol. The Bertz CT molecular complexity index is 1750. The lowest BCUT2D eigenvalue weighted by Gasteiger charge is -2.17. The summed E-state index contributed by atoms with van der Waals surface area (Å²) in [5.41, 5.74) is 4.22. The molecule has 68 heavy (non-hydrogen) atoms. The Balaban J connectivity index is 2.17. The number of benzene rings is 3. The molecule has 0 fully saturated rings. The van der Waals surface area contributed by atoms with Gasteiger partial charge in [0, 0.05) is 11.1 Å². The van der Waals surface area contributed by atoms with Gasteiger partial charge in [0.2, 0.25) is 0 Å². The first-order chi connectivity index (χ1) is 33.5. The Labute approximate surface area is 412 Å². The molecule has 0 radical (unpaired) electrons. The molecular weight excluding hydrogens is 849 g/mol. The monoisotopic (exact) mass is 939 g/mol. The second-order valence-corrected chi connectivity index (χ2v) is 18.1. The molecule has 378 valence electrons. The highest BCUT2D eigenvalue weighted by molar-refractivity contribution is 5.90. The van der Waals surface area contributed by atoms with Gasteiger partial charge in [-0.2, -0.15) is 0 Å². The molecule has 0 aromatic heterocycles.